The third-order valence-corrected chi connectivity index (χ3v) is 2.48. The summed E-state index contributed by atoms with van der Waals surface area (Å²) in [5.41, 5.74) is 0.989. The van der Waals surface area contributed by atoms with Crippen molar-refractivity contribution in [3.05, 3.63) is 46.2 Å². The molecule has 1 heterocycles. The fourth-order valence-corrected chi connectivity index (χ4v) is 1.68. The van der Waals surface area contributed by atoms with Crippen molar-refractivity contribution in [3.63, 3.8) is 0 Å². The lowest BCUT2D eigenvalue weighted by atomic mass is 10.2. The second-order valence-electron chi connectivity index (χ2n) is 3.34. The number of hydrogen-bond donors (Lipinski definition) is 0. The first kappa shape index (κ1) is 12.8. The lowest BCUT2D eigenvalue weighted by Crippen LogP contribution is -1.92. The minimum absolute atomic E-state index is 0.0735. The zero-order chi connectivity index (χ0) is 13.0. The fraction of sp³-hybridized carbons (Fsp3) is 0.0833. The monoisotopic (exact) mass is 281 g/mol. The zero-order valence-electron chi connectivity index (χ0n) is 9.47. The second-order valence-corrected chi connectivity index (χ2v) is 4.01. The molecule has 0 N–H and O–H groups in total. The molecule has 6 heteroatoms. The van der Waals surface area contributed by atoms with Crippen LogP contribution < -0.4 is 4.74 Å². The lowest BCUT2D eigenvalue weighted by Gasteiger charge is -1.99. The fourth-order valence-electron chi connectivity index (χ4n) is 1.30. The van der Waals surface area contributed by atoms with Crippen LogP contribution in [0.25, 0.3) is 12.2 Å². The molecule has 0 aliphatic carbocycles. The molecule has 2 rings (SSSR count). The van der Waals surface area contributed by atoms with Gasteiger partial charge in [0.05, 0.1) is 7.11 Å². The number of ether oxygens (including phenoxy) is 1. The predicted octanol–water partition coefficient (Wildman–Crippen LogP) is 3.36. The molecule has 1 aromatic carbocycles. The first-order chi connectivity index (χ1) is 8.67. The Morgan fingerprint density at radius 3 is 2.11 bits per heavy atom. The van der Waals surface area contributed by atoms with Crippen LogP contribution in [0.15, 0.2) is 24.3 Å². The van der Waals surface area contributed by atoms with Gasteiger partial charge in [0.25, 0.3) is 0 Å². The molecule has 92 valence electrons. The molecule has 0 saturated heterocycles. The Kier molecular flexibility index (Phi) is 4.12. The first-order valence-corrected chi connectivity index (χ1v) is 5.82. The first-order valence-electron chi connectivity index (χ1n) is 5.06. The minimum atomic E-state index is 0.0735. The van der Waals surface area contributed by atoms with Gasteiger partial charge < -0.3 is 4.74 Å². The van der Waals surface area contributed by atoms with Gasteiger partial charge in [-0.25, -0.2) is 0 Å². The number of rotatable bonds is 3. The van der Waals surface area contributed by atoms with E-state index in [1.165, 1.54) is 0 Å². The summed E-state index contributed by atoms with van der Waals surface area (Å²) in [6.07, 6.45) is 3.56. The summed E-state index contributed by atoms with van der Waals surface area (Å²) in [5.74, 6) is 1.22. The molecular weight excluding hydrogens is 273 g/mol. The highest BCUT2D eigenvalue weighted by atomic mass is 35.5. The molecule has 4 nitrogen and oxygen atoms in total. The average molecular weight is 282 g/mol. The van der Waals surface area contributed by atoms with Gasteiger partial charge in [0.1, 0.15) is 5.75 Å². The average Bonchev–Trinajstić information content (AvgIpc) is 2.36. The van der Waals surface area contributed by atoms with Crippen molar-refractivity contribution in [3.8, 4) is 5.75 Å². The number of halogens is 2. The zero-order valence-corrected chi connectivity index (χ0v) is 11.0. The topological polar surface area (TPSA) is 47.9 Å². The summed E-state index contributed by atoms with van der Waals surface area (Å²) >= 11 is 11.3. The van der Waals surface area contributed by atoms with Gasteiger partial charge in [0, 0.05) is 0 Å². The largest absolute Gasteiger partial charge is 0.497 e. The van der Waals surface area contributed by atoms with E-state index in [0.29, 0.717) is 5.82 Å². The van der Waals surface area contributed by atoms with Crippen LogP contribution in [0.1, 0.15) is 11.4 Å². The molecule has 2 aromatic rings. The van der Waals surface area contributed by atoms with Crippen molar-refractivity contribution >= 4 is 35.4 Å². The minimum Gasteiger partial charge on any atom is -0.497 e. The molecule has 0 unspecified atom stereocenters. The van der Waals surface area contributed by atoms with Crippen LogP contribution in [0, 0.1) is 0 Å². The van der Waals surface area contributed by atoms with Crippen LogP contribution in [0.4, 0.5) is 0 Å². The van der Waals surface area contributed by atoms with E-state index in [1.54, 1.807) is 13.2 Å². The van der Waals surface area contributed by atoms with Gasteiger partial charge >= 0.3 is 0 Å². The maximum absolute atomic E-state index is 5.67. The van der Waals surface area contributed by atoms with Crippen molar-refractivity contribution in [1.82, 2.24) is 15.0 Å². The Morgan fingerprint density at radius 2 is 1.56 bits per heavy atom. The van der Waals surface area contributed by atoms with E-state index >= 15 is 0 Å². The van der Waals surface area contributed by atoms with Gasteiger partial charge in [-0.3, -0.25) is 0 Å². The van der Waals surface area contributed by atoms with Crippen molar-refractivity contribution in [2.45, 2.75) is 0 Å². The van der Waals surface area contributed by atoms with E-state index in [4.69, 9.17) is 27.9 Å². The molecule has 0 saturated carbocycles. The molecule has 0 amide bonds. The van der Waals surface area contributed by atoms with E-state index in [1.807, 2.05) is 30.3 Å². The Balaban J connectivity index is 2.18. The quantitative estimate of drug-likeness (QED) is 0.866. The van der Waals surface area contributed by atoms with Gasteiger partial charge in [-0.2, -0.15) is 15.0 Å². The highest BCUT2D eigenvalue weighted by molar-refractivity contribution is 6.31. The smallest absolute Gasteiger partial charge is 0.227 e. The maximum Gasteiger partial charge on any atom is 0.227 e. The van der Waals surface area contributed by atoms with E-state index in [-0.39, 0.29) is 10.6 Å². The molecule has 0 radical (unpaired) electrons. The summed E-state index contributed by atoms with van der Waals surface area (Å²) < 4.78 is 5.07. The molecule has 0 spiro atoms. The van der Waals surface area contributed by atoms with Crippen LogP contribution in [-0.4, -0.2) is 22.1 Å². The van der Waals surface area contributed by atoms with E-state index in [2.05, 4.69) is 15.0 Å². The summed E-state index contributed by atoms with van der Waals surface area (Å²) in [6, 6.07) is 7.57. The predicted molar refractivity (Wildman–Crippen MR) is 71.8 cm³/mol. The van der Waals surface area contributed by atoms with Crippen LogP contribution in [-0.2, 0) is 0 Å². The van der Waals surface area contributed by atoms with Gasteiger partial charge in [0.2, 0.25) is 10.6 Å². The van der Waals surface area contributed by atoms with E-state index < -0.39 is 0 Å². The van der Waals surface area contributed by atoms with Gasteiger partial charge in [0.15, 0.2) is 5.82 Å². The van der Waals surface area contributed by atoms with Gasteiger partial charge in [-0.15, -0.1) is 0 Å². The van der Waals surface area contributed by atoms with E-state index in [0.717, 1.165) is 11.3 Å². The summed E-state index contributed by atoms with van der Waals surface area (Å²) in [4.78, 5) is 11.5. The maximum atomic E-state index is 5.67. The number of benzene rings is 1. The molecular formula is C12H9Cl2N3O. The Bertz CT molecular complexity index is 550. The van der Waals surface area contributed by atoms with Crippen LogP contribution in [0.3, 0.4) is 0 Å². The normalized spacial score (nSPS) is 10.8. The molecule has 0 aliphatic heterocycles. The number of methoxy groups -OCH3 is 1. The SMILES string of the molecule is COc1ccc(C=Cc2nc(Cl)nc(Cl)n2)cc1. The molecule has 0 aliphatic rings. The van der Waals surface area contributed by atoms with Crippen LogP contribution in [0.2, 0.25) is 10.6 Å². The Hall–Kier alpha value is -1.65. The summed E-state index contributed by atoms with van der Waals surface area (Å²) in [6.45, 7) is 0. The van der Waals surface area contributed by atoms with Crippen molar-refractivity contribution in [1.29, 1.82) is 0 Å². The third kappa shape index (κ3) is 3.42. The molecule has 1 aromatic heterocycles. The number of aromatic nitrogens is 3. The molecule has 0 atom stereocenters. The summed E-state index contributed by atoms with van der Waals surface area (Å²) in [7, 11) is 1.62. The number of nitrogens with zero attached hydrogens (tertiary/aromatic N) is 3. The van der Waals surface area contributed by atoms with Gasteiger partial charge in [-0.1, -0.05) is 18.2 Å². The number of hydrogen-bond acceptors (Lipinski definition) is 4. The highest BCUT2D eigenvalue weighted by Gasteiger charge is 1.99. The highest BCUT2D eigenvalue weighted by Crippen LogP contribution is 2.14. The van der Waals surface area contributed by atoms with Crippen LogP contribution >= 0.6 is 23.2 Å². The second kappa shape index (κ2) is 5.80. The van der Waals surface area contributed by atoms with Crippen molar-refractivity contribution in [2.75, 3.05) is 7.11 Å². The molecule has 0 fully saturated rings. The summed E-state index contributed by atoms with van der Waals surface area (Å²) in [5, 5.41) is 0.147. The van der Waals surface area contributed by atoms with E-state index in [9.17, 15) is 0 Å². The third-order valence-electron chi connectivity index (χ3n) is 2.14. The van der Waals surface area contributed by atoms with Crippen molar-refractivity contribution < 1.29 is 4.74 Å². The van der Waals surface area contributed by atoms with Gasteiger partial charge in [-0.05, 0) is 47.0 Å². The van der Waals surface area contributed by atoms with Crippen molar-refractivity contribution in [2.24, 2.45) is 0 Å². The molecule has 18 heavy (non-hydrogen) atoms. The standard InChI is InChI=1S/C12H9Cl2N3O/c1-18-9-5-2-8(3-6-9)4-7-10-15-11(13)17-12(14)16-10/h2-7H,1H3. The van der Waals surface area contributed by atoms with Crippen LogP contribution in [0.5, 0.6) is 5.75 Å². The Labute approximate surface area is 114 Å². The molecule has 0 bridgehead atoms. The lowest BCUT2D eigenvalue weighted by molar-refractivity contribution is 0.415. The Morgan fingerprint density at radius 1 is 0.944 bits per heavy atom.